The van der Waals surface area contributed by atoms with Crippen molar-refractivity contribution in [1.29, 1.82) is 0 Å². The van der Waals surface area contributed by atoms with Crippen molar-refractivity contribution >= 4 is 11.5 Å². The van der Waals surface area contributed by atoms with Crippen molar-refractivity contribution in [3.8, 4) is 0 Å². The first-order valence-corrected chi connectivity index (χ1v) is 5.80. The quantitative estimate of drug-likeness (QED) is 0.540. The summed E-state index contributed by atoms with van der Waals surface area (Å²) in [6, 6.07) is 3.64. The number of anilines is 2. The molecule has 3 rings (SSSR count). The lowest BCUT2D eigenvalue weighted by Crippen LogP contribution is -2.49. The molecular formula is C11H15N3O4. The van der Waals surface area contributed by atoms with Crippen LogP contribution in [0.15, 0.2) is 18.3 Å². The Labute approximate surface area is 104 Å². The maximum atomic E-state index is 10.5. The number of fused-ring (bicyclic) bond motifs is 1. The summed E-state index contributed by atoms with van der Waals surface area (Å²) in [5.74, 6) is -1.06. The second kappa shape index (κ2) is 4.06. The molecule has 3 heterocycles. The summed E-state index contributed by atoms with van der Waals surface area (Å²) >= 11 is 0. The fourth-order valence-electron chi connectivity index (χ4n) is 2.38. The highest BCUT2D eigenvalue weighted by Gasteiger charge is 2.50. The zero-order chi connectivity index (χ0) is 12.8. The monoisotopic (exact) mass is 253 g/mol. The summed E-state index contributed by atoms with van der Waals surface area (Å²) in [6.45, 7) is 0.00748. The van der Waals surface area contributed by atoms with Crippen LogP contribution in [-0.2, 0) is 4.74 Å². The van der Waals surface area contributed by atoms with Crippen molar-refractivity contribution in [3.05, 3.63) is 18.3 Å². The van der Waals surface area contributed by atoms with E-state index in [2.05, 4.69) is 10.3 Å². The van der Waals surface area contributed by atoms with E-state index in [-0.39, 0.29) is 13.0 Å². The normalized spacial score (nSPS) is 34.5. The van der Waals surface area contributed by atoms with Gasteiger partial charge >= 0.3 is 0 Å². The van der Waals surface area contributed by atoms with E-state index < -0.39 is 18.1 Å². The van der Waals surface area contributed by atoms with E-state index in [4.69, 9.17) is 9.84 Å². The Morgan fingerprint density at radius 2 is 2.44 bits per heavy atom. The summed E-state index contributed by atoms with van der Waals surface area (Å²) in [6.07, 6.45) is -0.0388. The third-order valence-corrected chi connectivity index (χ3v) is 3.32. The molecule has 7 nitrogen and oxygen atoms in total. The number of nitrogens with zero attached hydrogens (tertiary/aromatic N) is 2. The summed E-state index contributed by atoms with van der Waals surface area (Å²) in [5, 5.41) is 32.3. The van der Waals surface area contributed by atoms with Gasteiger partial charge in [-0.15, -0.1) is 0 Å². The van der Waals surface area contributed by atoms with E-state index in [0.717, 1.165) is 5.69 Å². The Kier molecular flexibility index (Phi) is 2.63. The molecule has 0 radical (unpaired) electrons. The maximum Gasteiger partial charge on any atom is 0.254 e. The van der Waals surface area contributed by atoms with Gasteiger partial charge in [0.1, 0.15) is 6.10 Å². The molecule has 4 N–H and O–H groups in total. The third kappa shape index (κ3) is 1.64. The first-order valence-electron chi connectivity index (χ1n) is 5.80. The van der Waals surface area contributed by atoms with E-state index in [0.29, 0.717) is 12.5 Å². The molecule has 0 bridgehead atoms. The largest absolute Gasteiger partial charge is 0.394 e. The van der Waals surface area contributed by atoms with Crippen LogP contribution in [0.3, 0.4) is 0 Å². The average molecular weight is 253 g/mol. The molecule has 2 aliphatic heterocycles. The molecule has 7 heteroatoms. The first kappa shape index (κ1) is 11.7. The van der Waals surface area contributed by atoms with Gasteiger partial charge in [0, 0.05) is 6.20 Å². The Hall–Kier alpha value is -1.41. The van der Waals surface area contributed by atoms with Gasteiger partial charge in [-0.3, -0.25) is 4.90 Å². The number of hydrogen-bond acceptors (Lipinski definition) is 7. The van der Waals surface area contributed by atoms with Crippen LogP contribution in [-0.4, -0.2) is 51.7 Å². The van der Waals surface area contributed by atoms with Crippen LogP contribution in [0.1, 0.15) is 6.42 Å². The Balaban J connectivity index is 1.89. The van der Waals surface area contributed by atoms with Crippen LogP contribution in [0.25, 0.3) is 0 Å². The fraction of sp³-hybridized carbons (Fsp3) is 0.545. The van der Waals surface area contributed by atoms with E-state index >= 15 is 0 Å². The standard InChI is InChI=1S/C11H15N3O4/c15-5-9-8(16)4-11(17,18-9)14-6-13-7-2-1-3-12-10(7)14/h1-3,8-9,13,15-17H,4-6H2/t8-,9+,11-/m0/s1. The minimum absolute atomic E-state index is 0.00984. The SMILES string of the molecule is OC[C@H]1O[C@](O)(N2CNc3cccnc32)C[C@@H]1O. The number of nitrogens with one attached hydrogen (secondary N) is 1. The molecule has 0 spiro atoms. The van der Waals surface area contributed by atoms with Gasteiger partial charge in [-0.05, 0) is 12.1 Å². The van der Waals surface area contributed by atoms with Crippen LogP contribution in [0.2, 0.25) is 0 Å². The smallest absolute Gasteiger partial charge is 0.254 e. The number of rotatable bonds is 2. The molecule has 18 heavy (non-hydrogen) atoms. The van der Waals surface area contributed by atoms with Gasteiger partial charge in [0.05, 0.1) is 31.5 Å². The summed E-state index contributed by atoms with van der Waals surface area (Å²) in [5.41, 5.74) is 0.802. The van der Waals surface area contributed by atoms with Gasteiger partial charge in [0.15, 0.2) is 5.82 Å². The number of pyridine rings is 1. The molecule has 0 unspecified atom stereocenters. The van der Waals surface area contributed by atoms with E-state index in [1.807, 2.05) is 6.07 Å². The van der Waals surface area contributed by atoms with Crippen molar-refractivity contribution in [2.24, 2.45) is 0 Å². The number of aromatic nitrogens is 1. The Bertz CT molecular complexity index is 458. The first-order chi connectivity index (χ1) is 8.64. The molecule has 0 amide bonds. The van der Waals surface area contributed by atoms with Gasteiger partial charge in [0.25, 0.3) is 5.91 Å². The number of aliphatic hydroxyl groups excluding tert-OH is 2. The summed E-state index contributed by atoms with van der Waals surface area (Å²) in [4.78, 5) is 5.73. The second-order valence-corrected chi connectivity index (χ2v) is 4.49. The fourth-order valence-corrected chi connectivity index (χ4v) is 2.38. The van der Waals surface area contributed by atoms with Crippen molar-refractivity contribution in [3.63, 3.8) is 0 Å². The molecule has 1 aromatic rings. The Morgan fingerprint density at radius 1 is 1.61 bits per heavy atom. The van der Waals surface area contributed by atoms with Gasteiger partial charge in [0.2, 0.25) is 0 Å². The highest BCUT2D eigenvalue weighted by molar-refractivity contribution is 5.71. The van der Waals surface area contributed by atoms with Crippen LogP contribution >= 0.6 is 0 Å². The molecule has 1 fully saturated rings. The van der Waals surface area contributed by atoms with Gasteiger partial charge in [-0.2, -0.15) is 0 Å². The van der Waals surface area contributed by atoms with Crippen LogP contribution < -0.4 is 10.2 Å². The molecule has 3 atom stereocenters. The molecule has 1 saturated heterocycles. The third-order valence-electron chi connectivity index (χ3n) is 3.32. The lowest BCUT2D eigenvalue weighted by atomic mass is 10.1. The zero-order valence-electron chi connectivity index (χ0n) is 9.65. The van der Waals surface area contributed by atoms with Gasteiger partial charge in [-0.1, -0.05) is 0 Å². The lowest BCUT2D eigenvalue weighted by molar-refractivity contribution is -0.197. The zero-order valence-corrected chi connectivity index (χ0v) is 9.65. The van der Waals surface area contributed by atoms with Crippen LogP contribution in [0, 0.1) is 0 Å². The highest BCUT2D eigenvalue weighted by atomic mass is 16.7. The average Bonchev–Trinajstić information content (AvgIpc) is 2.91. The van der Waals surface area contributed by atoms with Crippen molar-refractivity contribution in [1.82, 2.24) is 4.98 Å². The Morgan fingerprint density at radius 3 is 3.17 bits per heavy atom. The minimum Gasteiger partial charge on any atom is -0.394 e. The van der Waals surface area contributed by atoms with Gasteiger partial charge in [-0.25, -0.2) is 4.98 Å². The van der Waals surface area contributed by atoms with Crippen LogP contribution in [0.4, 0.5) is 11.5 Å². The van der Waals surface area contributed by atoms with E-state index in [9.17, 15) is 10.2 Å². The predicted octanol–water partition coefficient (Wildman–Crippen LogP) is -0.941. The van der Waals surface area contributed by atoms with Crippen molar-refractivity contribution < 1.29 is 20.1 Å². The predicted molar refractivity (Wildman–Crippen MR) is 62.7 cm³/mol. The molecule has 0 aliphatic carbocycles. The van der Waals surface area contributed by atoms with Crippen LogP contribution in [0.5, 0.6) is 0 Å². The molecule has 98 valence electrons. The van der Waals surface area contributed by atoms with Crippen molar-refractivity contribution in [2.45, 2.75) is 24.5 Å². The maximum absolute atomic E-state index is 10.5. The number of aliphatic hydroxyl groups is 3. The summed E-state index contributed by atoms with van der Waals surface area (Å²) in [7, 11) is 0. The molecule has 0 aromatic carbocycles. The minimum atomic E-state index is -1.64. The van der Waals surface area contributed by atoms with E-state index in [1.54, 1.807) is 17.2 Å². The van der Waals surface area contributed by atoms with E-state index in [1.165, 1.54) is 0 Å². The summed E-state index contributed by atoms with van der Waals surface area (Å²) < 4.78 is 5.35. The number of ether oxygens (including phenoxy) is 1. The van der Waals surface area contributed by atoms with Gasteiger partial charge < -0.3 is 25.4 Å². The molecule has 0 saturated carbocycles. The molecule has 1 aromatic heterocycles. The lowest BCUT2D eigenvalue weighted by Gasteiger charge is -2.33. The highest BCUT2D eigenvalue weighted by Crippen LogP contribution is 2.39. The topological polar surface area (TPSA) is 98.1 Å². The number of hydrogen-bond donors (Lipinski definition) is 4. The second-order valence-electron chi connectivity index (χ2n) is 4.49. The molecule has 2 aliphatic rings. The van der Waals surface area contributed by atoms with Crippen molar-refractivity contribution in [2.75, 3.05) is 23.5 Å². The molecular weight excluding hydrogens is 238 g/mol.